The lowest BCUT2D eigenvalue weighted by molar-refractivity contribution is -0.123. The van der Waals surface area contributed by atoms with Gasteiger partial charge in [0, 0.05) is 28.2 Å². The first kappa shape index (κ1) is 17.6. The molecule has 0 rings (SSSR count). The number of carbonyl (C=O) groups excluding carboxylic acids is 2. The number of ether oxygens (including phenoxy) is 1. The van der Waals surface area contributed by atoms with E-state index in [1.165, 1.54) is 15.9 Å². The fraction of sp³-hybridized carbons (Fsp3) is 0.667. The van der Waals surface area contributed by atoms with E-state index in [-0.39, 0.29) is 12.3 Å². The highest BCUT2D eigenvalue weighted by molar-refractivity contribution is 6.40. The second-order valence-corrected chi connectivity index (χ2v) is 4.87. The van der Waals surface area contributed by atoms with Crippen molar-refractivity contribution in [1.29, 1.82) is 0 Å². The van der Waals surface area contributed by atoms with Gasteiger partial charge in [0.1, 0.15) is 0 Å². The molecule has 0 bridgehead atoms. The molecular formula is C12H20B2N2O3. The van der Waals surface area contributed by atoms with Crippen LogP contribution in [0.15, 0.2) is 12.2 Å². The molecule has 1 unspecified atom stereocenters. The zero-order valence-corrected chi connectivity index (χ0v) is 12.2. The molecule has 0 fully saturated rings. The van der Waals surface area contributed by atoms with E-state index in [0.717, 1.165) is 0 Å². The molecule has 0 aliphatic heterocycles. The average Bonchev–Trinajstić information content (AvgIpc) is 2.27. The van der Waals surface area contributed by atoms with E-state index in [0.29, 0.717) is 0 Å². The van der Waals surface area contributed by atoms with Crippen molar-refractivity contribution in [3.05, 3.63) is 12.2 Å². The van der Waals surface area contributed by atoms with Crippen LogP contribution in [0.1, 0.15) is 13.3 Å². The summed E-state index contributed by atoms with van der Waals surface area (Å²) in [5.74, 6) is -0.159. The van der Waals surface area contributed by atoms with Gasteiger partial charge < -0.3 is 14.5 Å². The van der Waals surface area contributed by atoms with Gasteiger partial charge in [0.05, 0.1) is 21.8 Å². The van der Waals surface area contributed by atoms with Crippen molar-refractivity contribution in [2.45, 2.75) is 24.7 Å². The SMILES string of the molecule is [B]C([B])(C/C=C/C(=O)N(C)C)C(C)OC(=O)N(C)C. The number of likely N-dealkylation sites (N-methyl/N-ethyl adjacent to an activating group) is 1. The van der Waals surface area contributed by atoms with Gasteiger partial charge in [-0.25, -0.2) is 4.79 Å². The zero-order valence-electron chi connectivity index (χ0n) is 12.2. The summed E-state index contributed by atoms with van der Waals surface area (Å²) in [7, 11) is 18.2. The molecule has 5 nitrogen and oxygen atoms in total. The van der Waals surface area contributed by atoms with Crippen LogP contribution in [-0.2, 0) is 9.53 Å². The van der Waals surface area contributed by atoms with Crippen molar-refractivity contribution < 1.29 is 14.3 Å². The molecule has 1 atom stereocenters. The van der Waals surface area contributed by atoms with E-state index in [4.69, 9.17) is 20.4 Å². The largest absolute Gasteiger partial charge is 0.447 e. The molecule has 0 saturated carbocycles. The Labute approximate surface area is 117 Å². The van der Waals surface area contributed by atoms with Crippen LogP contribution in [0.3, 0.4) is 0 Å². The summed E-state index contributed by atoms with van der Waals surface area (Å²) < 4.78 is 5.09. The monoisotopic (exact) mass is 262 g/mol. The van der Waals surface area contributed by atoms with Gasteiger partial charge in [0.15, 0.2) is 0 Å². The highest BCUT2D eigenvalue weighted by atomic mass is 16.6. The van der Waals surface area contributed by atoms with Gasteiger partial charge >= 0.3 is 6.09 Å². The van der Waals surface area contributed by atoms with Crippen LogP contribution in [-0.4, -0.2) is 71.8 Å². The quantitative estimate of drug-likeness (QED) is 0.537. The zero-order chi connectivity index (χ0) is 15.2. The lowest BCUT2D eigenvalue weighted by Gasteiger charge is -2.32. The Bertz CT molecular complexity index is 355. The number of nitrogens with zero attached hydrogens (tertiary/aromatic N) is 2. The normalized spacial score (nSPS) is 13.1. The third-order valence-electron chi connectivity index (χ3n) is 2.57. The van der Waals surface area contributed by atoms with Crippen LogP contribution in [0, 0.1) is 0 Å². The summed E-state index contributed by atoms with van der Waals surface area (Å²) in [6.07, 6.45) is 1.98. The van der Waals surface area contributed by atoms with Gasteiger partial charge in [-0.15, -0.1) is 0 Å². The number of rotatable bonds is 5. The van der Waals surface area contributed by atoms with Crippen LogP contribution in [0.25, 0.3) is 0 Å². The number of hydrogen-bond donors (Lipinski definition) is 0. The molecule has 102 valence electrons. The van der Waals surface area contributed by atoms with E-state index in [1.807, 2.05) is 0 Å². The van der Waals surface area contributed by atoms with E-state index in [1.54, 1.807) is 41.2 Å². The summed E-state index contributed by atoms with van der Waals surface area (Å²) in [5, 5.41) is -1.23. The Balaban J connectivity index is 4.45. The Morgan fingerprint density at radius 2 is 1.74 bits per heavy atom. The summed E-state index contributed by atoms with van der Waals surface area (Å²) in [6, 6.07) is 0. The lowest BCUT2D eigenvalue weighted by Crippen LogP contribution is -2.35. The molecule has 4 radical (unpaired) electrons. The molecule has 0 spiro atoms. The fourth-order valence-electron chi connectivity index (χ4n) is 1.05. The van der Waals surface area contributed by atoms with E-state index >= 15 is 0 Å². The molecule has 0 heterocycles. The third kappa shape index (κ3) is 6.36. The predicted molar refractivity (Wildman–Crippen MR) is 76.3 cm³/mol. The summed E-state index contributed by atoms with van der Waals surface area (Å²) in [6.45, 7) is 1.61. The van der Waals surface area contributed by atoms with E-state index < -0.39 is 17.4 Å². The van der Waals surface area contributed by atoms with Crippen LogP contribution in [0.4, 0.5) is 4.79 Å². The van der Waals surface area contributed by atoms with Gasteiger partial charge in [0.2, 0.25) is 5.91 Å². The van der Waals surface area contributed by atoms with Crippen molar-refractivity contribution in [3.8, 4) is 0 Å². The van der Waals surface area contributed by atoms with Crippen molar-refractivity contribution in [2.75, 3.05) is 28.2 Å². The smallest absolute Gasteiger partial charge is 0.409 e. The molecule has 19 heavy (non-hydrogen) atoms. The number of allylic oxidation sites excluding steroid dienone is 1. The Hall–Kier alpha value is -1.39. The molecule has 2 amide bonds. The standard InChI is InChI=1S/C12H20B2N2O3/c1-9(19-11(18)16(4)5)12(13,14)8-6-7-10(17)15(2)3/h6-7,9H,8H2,1-5H3/b7-6+. The van der Waals surface area contributed by atoms with Crippen LogP contribution < -0.4 is 0 Å². The molecule has 0 aliphatic carbocycles. The maximum Gasteiger partial charge on any atom is 0.409 e. The highest BCUT2D eigenvalue weighted by Crippen LogP contribution is 2.29. The molecule has 0 aromatic carbocycles. The van der Waals surface area contributed by atoms with Gasteiger partial charge in [-0.05, 0) is 19.4 Å². The summed E-state index contributed by atoms with van der Waals surface area (Å²) in [4.78, 5) is 25.4. The van der Waals surface area contributed by atoms with Crippen LogP contribution in [0.2, 0.25) is 5.21 Å². The minimum absolute atomic E-state index is 0.159. The second kappa shape index (κ2) is 7.26. The maximum absolute atomic E-state index is 11.4. The van der Waals surface area contributed by atoms with Gasteiger partial charge in [-0.2, -0.15) is 0 Å². The van der Waals surface area contributed by atoms with Crippen molar-refractivity contribution in [3.63, 3.8) is 0 Å². The maximum atomic E-state index is 11.4. The molecule has 0 N–H and O–H groups in total. The number of hydrogen-bond acceptors (Lipinski definition) is 3. The summed E-state index contributed by atoms with van der Waals surface area (Å²) >= 11 is 0. The minimum Gasteiger partial charge on any atom is -0.447 e. The predicted octanol–water partition coefficient (Wildman–Crippen LogP) is 0.561. The third-order valence-corrected chi connectivity index (χ3v) is 2.57. The average molecular weight is 262 g/mol. The highest BCUT2D eigenvalue weighted by Gasteiger charge is 2.27. The Morgan fingerprint density at radius 1 is 1.21 bits per heavy atom. The Morgan fingerprint density at radius 3 is 2.16 bits per heavy atom. The topological polar surface area (TPSA) is 49.9 Å². The summed E-state index contributed by atoms with van der Waals surface area (Å²) in [5.41, 5.74) is 0. The van der Waals surface area contributed by atoms with E-state index in [9.17, 15) is 9.59 Å². The fourth-order valence-corrected chi connectivity index (χ4v) is 1.05. The van der Waals surface area contributed by atoms with Crippen molar-refractivity contribution in [2.24, 2.45) is 0 Å². The molecule has 0 aromatic rings. The molecule has 0 aliphatic rings. The van der Waals surface area contributed by atoms with Gasteiger partial charge in [-0.1, -0.05) is 11.3 Å². The molecule has 0 saturated heterocycles. The first-order chi connectivity index (χ1) is 8.58. The van der Waals surface area contributed by atoms with Crippen molar-refractivity contribution in [1.82, 2.24) is 9.80 Å². The molecule has 7 heteroatoms. The number of carbonyl (C=O) groups is 2. The van der Waals surface area contributed by atoms with Gasteiger partial charge in [-0.3, -0.25) is 4.79 Å². The van der Waals surface area contributed by atoms with Crippen LogP contribution >= 0.6 is 0 Å². The van der Waals surface area contributed by atoms with E-state index in [2.05, 4.69) is 0 Å². The minimum atomic E-state index is -1.23. The molecular weight excluding hydrogens is 242 g/mol. The van der Waals surface area contributed by atoms with Crippen LogP contribution in [0.5, 0.6) is 0 Å². The first-order valence-electron chi connectivity index (χ1n) is 5.91. The first-order valence-corrected chi connectivity index (χ1v) is 5.91. The Kier molecular flexibility index (Phi) is 6.73. The van der Waals surface area contributed by atoms with Gasteiger partial charge in [0.25, 0.3) is 0 Å². The van der Waals surface area contributed by atoms with Crippen molar-refractivity contribution >= 4 is 27.7 Å². The number of amides is 2. The second-order valence-electron chi connectivity index (χ2n) is 4.87. The lowest BCUT2D eigenvalue weighted by atomic mass is 9.50. The molecule has 0 aromatic heterocycles.